The predicted octanol–water partition coefficient (Wildman–Crippen LogP) is 1.98. The molecule has 25 heavy (non-hydrogen) atoms. The molecule has 0 aromatic carbocycles. The zero-order valence-corrected chi connectivity index (χ0v) is 13.8. The molecule has 1 N–H and O–H groups in total. The Kier molecular flexibility index (Phi) is 4.42. The number of amides is 3. The SMILES string of the molecule is CCn1cccc1C=C1NC(=O)N(Cc2ccc(C(=O)OC)o2)C1=O. The van der Waals surface area contributed by atoms with Crippen LogP contribution in [-0.2, 0) is 22.6 Å². The van der Waals surface area contributed by atoms with E-state index in [0.29, 0.717) is 5.76 Å². The molecule has 130 valence electrons. The van der Waals surface area contributed by atoms with E-state index >= 15 is 0 Å². The van der Waals surface area contributed by atoms with Crippen LogP contribution in [0.2, 0.25) is 0 Å². The molecule has 2 aromatic heterocycles. The number of rotatable bonds is 5. The lowest BCUT2D eigenvalue weighted by atomic mass is 10.3. The Balaban J connectivity index is 1.77. The molecule has 0 spiro atoms. The van der Waals surface area contributed by atoms with E-state index in [1.807, 2.05) is 29.8 Å². The van der Waals surface area contributed by atoms with Crippen molar-refractivity contribution in [3.63, 3.8) is 0 Å². The molecule has 3 amide bonds. The van der Waals surface area contributed by atoms with Gasteiger partial charge in [-0.05, 0) is 37.3 Å². The first-order chi connectivity index (χ1) is 12.0. The zero-order chi connectivity index (χ0) is 18.0. The van der Waals surface area contributed by atoms with Gasteiger partial charge in [0.2, 0.25) is 5.76 Å². The number of carbonyl (C=O) groups is 3. The summed E-state index contributed by atoms with van der Waals surface area (Å²) in [6.45, 7) is 2.66. The van der Waals surface area contributed by atoms with Crippen molar-refractivity contribution in [3.8, 4) is 0 Å². The maximum atomic E-state index is 12.5. The number of hydrogen-bond donors (Lipinski definition) is 1. The second-order valence-corrected chi connectivity index (χ2v) is 5.36. The van der Waals surface area contributed by atoms with Gasteiger partial charge >= 0.3 is 12.0 Å². The molecule has 0 aliphatic carbocycles. The van der Waals surface area contributed by atoms with Gasteiger partial charge < -0.3 is 19.0 Å². The van der Waals surface area contributed by atoms with Gasteiger partial charge in [0.25, 0.3) is 5.91 Å². The Morgan fingerprint density at radius 1 is 1.32 bits per heavy atom. The number of nitrogens with zero attached hydrogens (tertiary/aromatic N) is 2. The van der Waals surface area contributed by atoms with Crippen LogP contribution in [-0.4, -0.2) is 34.5 Å². The van der Waals surface area contributed by atoms with Crippen molar-refractivity contribution in [2.24, 2.45) is 0 Å². The third-order valence-electron chi connectivity index (χ3n) is 3.82. The van der Waals surface area contributed by atoms with Crippen LogP contribution in [0, 0.1) is 0 Å². The number of ether oxygens (including phenoxy) is 1. The fourth-order valence-electron chi connectivity index (χ4n) is 2.54. The number of imide groups is 1. The summed E-state index contributed by atoms with van der Waals surface area (Å²) in [5.74, 6) is -0.752. The van der Waals surface area contributed by atoms with Crippen LogP contribution in [0.4, 0.5) is 4.79 Å². The minimum absolute atomic E-state index is 0.0149. The number of esters is 1. The molecular weight excluding hydrogens is 326 g/mol. The molecule has 1 aliphatic rings. The van der Waals surface area contributed by atoms with Crippen molar-refractivity contribution in [1.82, 2.24) is 14.8 Å². The zero-order valence-electron chi connectivity index (χ0n) is 13.8. The van der Waals surface area contributed by atoms with Crippen molar-refractivity contribution in [1.29, 1.82) is 0 Å². The van der Waals surface area contributed by atoms with Gasteiger partial charge in [-0.25, -0.2) is 9.59 Å². The summed E-state index contributed by atoms with van der Waals surface area (Å²) in [7, 11) is 1.24. The summed E-state index contributed by atoms with van der Waals surface area (Å²) in [6.07, 6.45) is 3.52. The molecule has 1 aliphatic heterocycles. The Hall–Kier alpha value is -3.29. The molecule has 8 heteroatoms. The minimum Gasteiger partial charge on any atom is -0.463 e. The van der Waals surface area contributed by atoms with Gasteiger partial charge in [-0.2, -0.15) is 0 Å². The third-order valence-corrected chi connectivity index (χ3v) is 3.82. The number of aryl methyl sites for hydroxylation is 1. The van der Waals surface area contributed by atoms with Gasteiger partial charge in [0.15, 0.2) is 0 Å². The first kappa shape index (κ1) is 16.6. The normalized spacial score (nSPS) is 15.8. The van der Waals surface area contributed by atoms with Crippen LogP contribution in [0.1, 0.15) is 28.9 Å². The average Bonchev–Trinajstić information content (AvgIpc) is 3.31. The van der Waals surface area contributed by atoms with Gasteiger partial charge in [0, 0.05) is 18.4 Å². The number of furan rings is 1. The molecule has 0 atom stereocenters. The third kappa shape index (κ3) is 3.18. The lowest BCUT2D eigenvalue weighted by Gasteiger charge is -2.09. The largest absolute Gasteiger partial charge is 0.463 e. The average molecular weight is 343 g/mol. The van der Waals surface area contributed by atoms with Gasteiger partial charge in [0.1, 0.15) is 11.5 Å². The van der Waals surface area contributed by atoms with E-state index in [1.165, 1.54) is 19.2 Å². The van der Waals surface area contributed by atoms with Crippen molar-refractivity contribution >= 4 is 24.0 Å². The lowest BCUT2D eigenvalue weighted by molar-refractivity contribution is -0.123. The number of methoxy groups -OCH3 is 1. The highest BCUT2D eigenvalue weighted by molar-refractivity contribution is 6.13. The summed E-state index contributed by atoms with van der Waals surface area (Å²) in [5, 5.41) is 2.56. The van der Waals surface area contributed by atoms with Crippen LogP contribution in [0.5, 0.6) is 0 Å². The van der Waals surface area contributed by atoms with Crippen molar-refractivity contribution in [2.75, 3.05) is 7.11 Å². The molecule has 2 aromatic rings. The first-order valence-corrected chi connectivity index (χ1v) is 7.70. The highest BCUT2D eigenvalue weighted by Gasteiger charge is 2.34. The van der Waals surface area contributed by atoms with Crippen LogP contribution in [0.15, 0.2) is 40.6 Å². The summed E-state index contributed by atoms with van der Waals surface area (Å²) < 4.78 is 11.8. The van der Waals surface area contributed by atoms with E-state index in [0.717, 1.165) is 17.1 Å². The molecule has 1 saturated heterocycles. The Labute approximate surface area is 143 Å². The Morgan fingerprint density at radius 2 is 2.12 bits per heavy atom. The molecule has 0 unspecified atom stereocenters. The summed E-state index contributed by atoms with van der Waals surface area (Å²) in [6, 6.07) is 6.14. The Bertz CT molecular complexity index is 861. The molecule has 3 rings (SSSR count). The second kappa shape index (κ2) is 6.68. The van der Waals surface area contributed by atoms with Crippen LogP contribution < -0.4 is 5.32 Å². The van der Waals surface area contributed by atoms with E-state index in [-0.39, 0.29) is 18.0 Å². The van der Waals surface area contributed by atoms with Crippen molar-refractivity contribution < 1.29 is 23.5 Å². The van der Waals surface area contributed by atoms with E-state index in [1.54, 1.807) is 6.08 Å². The van der Waals surface area contributed by atoms with Crippen molar-refractivity contribution in [3.05, 3.63) is 53.4 Å². The van der Waals surface area contributed by atoms with Gasteiger partial charge in [-0.1, -0.05) is 0 Å². The van der Waals surface area contributed by atoms with E-state index in [4.69, 9.17) is 4.42 Å². The molecule has 0 radical (unpaired) electrons. The van der Waals surface area contributed by atoms with Gasteiger partial charge in [-0.15, -0.1) is 0 Å². The topological polar surface area (TPSA) is 93.8 Å². The number of nitrogens with one attached hydrogen (secondary N) is 1. The fourth-order valence-corrected chi connectivity index (χ4v) is 2.54. The van der Waals surface area contributed by atoms with E-state index in [9.17, 15) is 14.4 Å². The van der Waals surface area contributed by atoms with E-state index in [2.05, 4.69) is 10.1 Å². The standard InChI is InChI=1S/C17H17N3O5/c1-3-19-8-4-5-11(19)9-13-15(21)20(17(23)18-13)10-12-6-7-14(25-12)16(22)24-2/h4-9H,3,10H2,1-2H3,(H,18,23). The van der Waals surface area contributed by atoms with Gasteiger partial charge in [0.05, 0.1) is 13.7 Å². The highest BCUT2D eigenvalue weighted by Crippen LogP contribution is 2.19. The maximum absolute atomic E-state index is 12.5. The maximum Gasteiger partial charge on any atom is 0.373 e. The lowest BCUT2D eigenvalue weighted by Crippen LogP contribution is -2.30. The number of hydrogen-bond acceptors (Lipinski definition) is 5. The number of carbonyl (C=O) groups excluding carboxylic acids is 3. The highest BCUT2D eigenvalue weighted by atomic mass is 16.5. The smallest absolute Gasteiger partial charge is 0.373 e. The molecule has 8 nitrogen and oxygen atoms in total. The van der Waals surface area contributed by atoms with Gasteiger partial charge in [-0.3, -0.25) is 9.69 Å². The monoisotopic (exact) mass is 343 g/mol. The van der Waals surface area contributed by atoms with E-state index < -0.39 is 17.9 Å². The molecule has 0 bridgehead atoms. The molecule has 0 saturated carbocycles. The Morgan fingerprint density at radius 3 is 2.84 bits per heavy atom. The fraction of sp³-hybridized carbons (Fsp3) is 0.235. The number of aromatic nitrogens is 1. The number of urea groups is 1. The predicted molar refractivity (Wildman–Crippen MR) is 87.2 cm³/mol. The van der Waals surface area contributed by atoms with Crippen LogP contribution in [0.3, 0.4) is 0 Å². The van der Waals surface area contributed by atoms with Crippen LogP contribution in [0.25, 0.3) is 6.08 Å². The summed E-state index contributed by atoms with van der Waals surface area (Å²) in [5.41, 5.74) is 1.01. The summed E-state index contributed by atoms with van der Waals surface area (Å²) >= 11 is 0. The minimum atomic E-state index is -0.621. The molecule has 1 fully saturated rings. The second-order valence-electron chi connectivity index (χ2n) is 5.36. The molecule has 3 heterocycles. The van der Waals surface area contributed by atoms with Crippen molar-refractivity contribution in [2.45, 2.75) is 20.0 Å². The molecular formula is C17H17N3O5. The summed E-state index contributed by atoms with van der Waals surface area (Å²) in [4.78, 5) is 37.0. The van der Waals surface area contributed by atoms with Crippen LogP contribution >= 0.6 is 0 Å². The quantitative estimate of drug-likeness (QED) is 0.509. The first-order valence-electron chi connectivity index (χ1n) is 7.70.